The lowest BCUT2D eigenvalue weighted by Crippen LogP contribution is -2.55. The van der Waals surface area contributed by atoms with Crippen molar-refractivity contribution >= 4 is 23.4 Å². The Morgan fingerprint density at radius 1 is 0.838 bits per heavy atom. The zero-order chi connectivity index (χ0) is 25.7. The van der Waals surface area contributed by atoms with E-state index in [2.05, 4.69) is 11.9 Å². The second-order valence-electron chi connectivity index (χ2n) is 10.4. The SMILES string of the molecule is C=C(C)CN1C(=O)[C@]2(N[C@H](Cc3ccccc3)[C@H]3C(=O)N(Cc4ccccc4)C(=O)[C@@H]32)c2ccccc21. The lowest BCUT2D eigenvalue weighted by molar-refractivity contribution is -0.143. The average molecular weight is 492 g/mol. The lowest BCUT2D eigenvalue weighted by Gasteiger charge is -2.31. The van der Waals surface area contributed by atoms with E-state index in [1.165, 1.54) is 4.90 Å². The van der Waals surface area contributed by atoms with Crippen LogP contribution in [0.1, 0.15) is 23.6 Å². The minimum atomic E-state index is -1.30. The van der Waals surface area contributed by atoms with Crippen molar-refractivity contribution in [3.63, 3.8) is 0 Å². The van der Waals surface area contributed by atoms with Crippen molar-refractivity contribution in [3.8, 4) is 0 Å². The van der Waals surface area contributed by atoms with Gasteiger partial charge in [0.1, 0.15) is 5.54 Å². The summed E-state index contributed by atoms with van der Waals surface area (Å²) < 4.78 is 0. The standard InChI is InChI=1S/C31H29N3O3/c1-20(2)18-33-25-16-10-9-15-23(25)31(30(33)37)27-26(24(32-31)17-21-11-5-3-6-12-21)28(35)34(29(27)36)19-22-13-7-4-8-14-22/h3-16,24,26-27,32H,1,17-19H2,2H3/t24-,26-,27-,31+/m1/s1. The van der Waals surface area contributed by atoms with Gasteiger partial charge in [0.25, 0.3) is 5.91 Å². The van der Waals surface area contributed by atoms with Gasteiger partial charge in [0.2, 0.25) is 11.8 Å². The van der Waals surface area contributed by atoms with Gasteiger partial charge in [0.05, 0.1) is 18.4 Å². The van der Waals surface area contributed by atoms with Crippen LogP contribution in [0.3, 0.4) is 0 Å². The van der Waals surface area contributed by atoms with Crippen LogP contribution in [-0.4, -0.2) is 35.2 Å². The molecule has 6 rings (SSSR count). The Bertz CT molecular complexity index is 1400. The van der Waals surface area contributed by atoms with Crippen LogP contribution < -0.4 is 10.2 Å². The van der Waals surface area contributed by atoms with Crippen molar-refractivity contribution < 1.29 is 14.4 Å². The number of hydrogen-bond acceptors (Lipinski definition) is 4. The number of carbonyl (C=O) groups excluding carboxylic acids is 3. The number of nitrogens with zero attached hydrogens (tertiary/aromatic N) is 2. The number of likely N-dealkylation sites (tertiary alicyclic amines) is 1. The van der Waals surface area contributed by atoms with Crippen molar-refractivity contribution in [3.05, 3.63) is 114 Å². The predicted molar refractivity (Wildman–Crippen MR) is 141 cm³/mol. The molecular weight excluding hydrogens is 462 g/mol. The van der Waals surface area contributed by atoms with Gasteiger partial charge >= 0.3 is 0 Å². The summed E-state index contributed by atoms with van der Waals surface area (Å²) in [6, 6.07) is 26.7. The van der Waals surface area contributed by atoms with E-state index in [0.717, 1.165) is 28.0 Å². The molecule has 6 heteroatoms. The summed E-state index contributed by atoms with van der Waals surface area (Å²) in [5.41, 5.74) is 3.00. The predicted octanol–water partition coefficient (Wildman–Crippen LogP) is 3.82. The van der Waals surface area contributed by atoms with Gasteiger partial charge in [0.15, 0.2) is 0 Å². The van der Waals surface area contributed by atoms with Crippen LogP contribution >= 0.6 is 0 Å². The van der Waals surface area contributed by atoms with Gasteiger partial charge < -0.3 is 4.90 Å². The maximum atomic E-state index is 14.3. The molecule has 3 aromatic carbocycles. The molecule has 3 aliphatic rings. The van der Waals surface area contributed by atoms with E-state index in [1.807, 2.05) is 91.9 Å². The van der Waals surface area contributed by atoms with Crippen LogP contribution in [0.4, 0.5) is 5.69 Å². The summed E-state index contributed by atoms with van der Waals surface area (Å²) >= 11 is 0. The third kappa shape index (κ3) is 3.55. The Kier molecular flexibility index (Phi) is 5.57. The molecule has 0 bridgehead atoms. The zero-order valence-electron chi connectivity index (χ0n) is 20.8. The van der Waals surface area contributed by atoms with E-state index in [1.54, 1.807) is 4.90 Å². The number of benzene rings is 3. The Morgan fingerprint density at radius 3 is 2.14 bits per heavy atom. The first kappa shape index (κ1) is 23.4. The highest BCUT2D eigenvalue weighted by molar-refractivity contribution is 6.16. The molecule has 0 aliphatic carbocycles. The quantitative estimate of drug-likeness (QED) is 0.421. The van der Waals surface area contributed by atoms with Crippen molar-refractivity contribution in [2.45, 2.75) is 31.5 Å². The number of hydrogen-bond donors (Lipinski definition) is 1. The van der Waals surface area contributed by atoms with Gasteiger partial charge in [-0.25, -0.2) is 0 Å². The first-order valence-corrected chi connectivity index (χ1v) is 12.7. The highest BCUT2D eigenvalue weighted by Crippen LogP contribution is 2.55. The topological polar surface area (TPSA) is 69.7 Å². The molecule has 3 amide bonds. The fourth-order valence-electron chi connectivity index (χ4n) is 6.40. The third-order valence-electron chi connectivity index (χ3n) is 7.87. The number of nitrogens with one attached hydrogen (secondary N) is 1. The molecular formula is C31H29N3O3. The number of fused-ring (bicyclic) bond motifs is 4. The largest absolute Gasteiger partial charge is 0.306 e. The summed E-state index contributed by atoms with van der Waals surface area (Å²) in [6.45, 7) is 6.46. The number of imide groups is 1. The van der Waals surface area contributed by atoms with E-state index in [9.17, 15) is 14.4 Å². The van der Waals surface area contributed by atoms with Crippen molar-refractivity contribution in [1.29, 1.82) is 0 Å². The zero-order valence-corrected chi connectivity index (χ0v) is 20.8. The van der Waals surface area contributed by atoms with Gasteiger partial charge in [-0.2, -0.15) is 0 Å². The van der Waals surface area contributed by atoms with Gasteiger partial charge in [-0.05, 0) is 30.5 Å². The summed E-state index contributed by atoms with van der Waals surface area (Å²) in [5, 5.41) is 3.58. The van der Waals surface area contributed by atoms with Crippen molar-refractivity contribution in [1.82, 2.24) is 10.2 Å². The first-order chi connectivity index (χ1) is 17.9. The molecule has 6 nitrogen and oxygen atoms in total. The summed E-state index contributed by atoms with van der Waals surface area (Å²) in [5.74, 6) is -2.15. The molecule has 0 radical (unpaired) electrons. The van der Waals surface area contributed by atoms with E-state index >= 15 is 0 Å². The van der Waals surface area contributed by atoms with Gasteiger partial charge in [0, 0.05) is 23.8 Å². The molecule has 4 atom stereocenters. The van der Waals surface area contributed by atoms with E-state index in [0.29, 0.717) is 13.0 Å². The normalized spacial score (nSPS) is 26.2. The average Bonchev–Trinajstić information content (AvgIpc) is 3.45. The fourth-order valence-corrected chi connectivity index (χ4v) is 6.40. The molecule has 2 fully saturated rings. The van der Waals surface area contributed by atoms with Crippen LogP contribution in [0.5, 0.6) is 0 Å². The second-order valence-corrected chi connectivity index (χ2v) is 10.4. The van der Waals surface area contributed by atoms with Gasteiger partial charge in [-0.1, -0.05) is 91.0 Å². The molecule has 1 N–H and O–H groups in total. The Hall–Kier alpha value is -4.03. The van der Waals surface area contributed by atoms with Gasteiger partial charge in [-0.3, -0.25) is 24.6 Å². The molecule has 186 valence electrons. The highest BCUT2D eigenvalue weighted by Gasteiger charge is 2.71. The molecule has 3 aromatic rings. The monoisotopic (exact) mass is 491 g/mol. The van der Waals surface area contributed by atoms with Crippen LogP contribution in [0.25, 0.3) is 0 Å². The van der Waals surface area contributed by atoms with E-state index in [4.69, 9.17) is 0 Å². The molecule has 0 unspecified atom stereocenters. The molecule has 1 spiro atoms. The van der Waals surface area contributed by atoms with Crippen molar-refractivity contribution in [2.75, 3.05) is 11.4 Å². The number of carbonyl (C=O) groups is 3. The highest BCUT2D eigenvalue weighted by atomic mass is 16.2. The molecule has 3 heterocycles. The smallest absolute Gasteiger partial charge is 0.253 e. The van der Waals surface area contributed by atoms with Crippen molar-refractivity contribution in [2.24, 2.45) is 11.8 Å². The summed E-state index contributed by atoms with van der Waals surface area (Å²) in [7, 11) is 0. The number of anilines is 1. The number of para-hydroxylation sites is 1. The maximum absolute atomic E-state index is 14.3. The first-order valence-electron chi connectivity index (χ1n) is 12.7. The minimum Gasteiger partial charge on any atom is -0.306 e. The minimum absolute atomic E-state index is 0.190. The van der Waals surface area contributed by atoms with Gasteiger partial charge in [-0.15, -0.1) is 0 Å². The van der Waals surface area contributed by atoms with Crippen LogP contribution in [0.2, 0.25) is 0 Å². The number of rotatable bonds is 6. The van der Waals surface area contributed by atoms with Crippen LogP contribution in [-0.2, 0) is 32.9 Å². The Labute approximate surface area is 216 Å². The van der Waals surface area contributed by atoms with E-state index in [-0.39, 0.29) is 30.3 Å². The van der Waals surface area contributed by atoms with E-state index < -0.39 is 17.4 Å². The lowest BCUT2D eigenvalue weighted by atomic mass is 9.76. The molecule has 0 aromatic heterocycles. The molecule has 2 saturated heterocycles. The molecule has 37 heavy (non-hydrogen) atoms. The second kappa shape index (κ2) is 8.82. The Balaban J connectivity index is 1.47. The summed E-state index contributed by atoms with van der Waals surface area (Å²) in [4.78, 5) is 45.5. The molecule has 3 aliphatic heterocycles. The Morgan fingerprint density at radius 2 is 1.46 bits per heavy atom. The summed E-state index contributed by atoms with van der Waals surface area (Å²) in [6.07, 6.45) is 0.540. The number of amides is 3. The van der Waals surface area contributed by atoms with Crippen LogP contribution in [0, 0.1) is 11.8 Å². The molecule has 0 saturated carbocycles. The van der Waals surface area contributed by atoms with Crippen LogP contribution in [0.15, 0.2) is 97.1 Å². The maximum Gasteiger partial charge on any atom is 0.253 e. The fraction of sp³-hybridized carbons (Fsp3) is 0.258. The third-order valence-corrected chi connectivity index (χ3v) is 7.87.